The van der Waals surface area contributed by atoms with Crippen LogP contribution < -0.4 is 5.32 Å². The van der Waals surface area contributed by atoms with Crippen LogP contribution in [0, 0.1) is 0 Å². The van der Waals surface area contributed by atoms with Gasteiger partial charge in [-0.05, 0) is 49.3 Å². The Morgan fingerprint density at radius 2 is 1.61 bits per heavy atom. The maximum Gasteiger partial charge on any atom is 0.0471 e. The van der Waals surface area contributed by atoms with E-state index >= 15 is 0 Å². The van der Waals surface area contributed by atoms with E-state index in [1.165, 1.54) is 49.8 Å². The van der Waals surface area contributed by atoms with Crippen molar-refractivity contribution < 1.29 is 4.74 Å². The van der Waals surface area contributed by atoms with E-state index in [0.29, 0.717) is 12.0 Å². The van der Waals surface area contributed by atoms with E-state index in [0.717, 1.165) is 13.2 Å². The number of nitrogens with one attached hydrogen (secondary N) is 1. The monoisotopic (exact) mass is 245 g/mol. The van der Waals surface area contributed by atoms with Crippen LogP contribution >= 0.6 is 0 Å². The zero-order valence-electron chi connectivity index (χ0n) is 11.0. The van der Waals surface area contributed by atoms with E-state index in [4.69, 9.17) is 4.74 Å². The standard InChI is InChI=1S/C16H23NO/c1-2-10-17-16(3-1)15-6-4-13(5-7-15)14-8-11-18-12-9-14/h4-7,14,16-17H,1-3,8-12H2. The minimum Gasteiger partial charge on any atom is -0.381 e. The molecule has 1 aromatic carbocycles. The second-order valence-electron chi connectivity index (χ2n) is 5.56. The number of ether oxygens (including phenoxy) is 1. The van der Waals surface area contributed by atoms with Crippen LogP contribution in [-0.2, 0) is 4.74 Å². The molecule has 2 nitrogen and oxygen atoms in total. The van der Waals surface area contributed by atoms with Crippen molar-refractivity contribution in [3.8, 4) is 0 Å². The molecule has 0 aromatic heterocycles. The van der Waals surface area contributed by atoms with Crippen molar-refractivity contribution >= 4 is 0 Å². The van der Waals surface area contributed by atoms with Gasteiger partial charge in [-0.1, -0.05) is 30.7 Å². The molecule has 0 saturated carbocycles. The molecule has 18 heavy (non-hydrogen) atoms. The van der Waals surface area contributed by atoms with Crippen molar-refractivity contribution in [1.29, 1.82) is 0 Å². The van der Waals surface area contributed by atoms with E-state index in [1.54, 1.807) is 0 Å². The first-order valence-corrected chi connectivity index (χ1v) is 7.34. The Bertz CT molecular complexity index is 324. The summed E-state index contributed by atoms with van der Waals surface area (Å²) in [6, 6.07) is 9.91. The van der Waals surface area contributed by atoms with E-state index in [1.807, 2.05) is 0 Å². The largest absolute Gasteiger partial charge is 0.381 e. The molecule has 0 aliphatic carbocycles. The topological polar surface area (TPSA) is 21.3 Å². The summed E-state index contributed by atoms with van der Waals surface area (Å²) in [5, 5.41) is 3.61. The smallest absolute Gasteiger partial charge is 0.0471 e. The van der Waals surface area contributed by atoms with Gasteiger partial charge >= 0.3 is 0 Å². The lowest BCUT2D eigenvalue weighted by atomic mass is 9.89. The molecule has 0 amide bonds. The predicted molar refractivity (Wildman–Crippen MR) is 73.8 cm³/mol. The first kappa shape index (κ1) is 12.2. The van der Waals surface area contributed by atoms with E-state index in [2.05, 4.69) is 29.6 Å². The molecule has 1 N–H and O–H groups in total. The molecule has 2 fully saturated rings. The normalized spacial score (nSPS) is 26.1. The molecule has 1 aromatic rings. The van der Waals surface area contributed by atoms with E-state index in [-0.39, 0.29) is 0 Å². The van der Waals surface area contributed by atoms with Crippen LogP contribution in [0.3, 0.4) is 0 Å². The van der Waals surface area contributed by atoms with Crippen LogP contribution in [0.5, 0.6) is 0 Å². The molecule has 0 bridgehead atoms. The third-order valence-electron chi connectivity index (χ3n) is 4.34. The number of hydrogen-bond donors (Lipinski definition) is 1. The van der Waals surface area contributed by atoms with Gasteiger partial charge < -0.3 is 10.1 Å². The van der Waals surface area contributed by atoms with Gasteiger partial charge in [0.05, 0.1) is 0 Å². The van der Waals surface area contributed by atoms with Gasteiger partial charge in [-0.25, -0.2) is 0 Å². The Kier molecular flexibility index (Phi) is 3.96. The van der Waals surface area contributed by atoms with Crippen molar-refractivity contribution in [2.75, 3.05) is 19.8 Å². The minimum absolute atomic E-state index is 0.586. The second kappa shape index (κ2) is 5.85. The zero-order valence-corrected chi connectivity index (χ0v) is 11.0. The Balaban J connectivity index is 1.67. The third-order valence-corrected chi connectivity index (χ3v) is 4.34. The third kappa shape index (κ3) is 2.76. The molecular weight excluding hydrogens is 222 g/mol. The summed E-state index contributed by atoms with van der Waals surface area (Å²) in [6.07, 6.45) is 6.34. The first-order valence-electron chi connectivity index (χ1n) is 7.34. The van der Waals surface area contributed by atoms with Crippen molar-refractivity contribution in [3.63, 3.8) is 0 Å². The molecule has 0 spiro atoms. The Labute approximate surface area is 110 Å². The molecule has 2 aliphatic heterocycles. The summed E-state index contributed by atoms with van der Waals surface area (Å²) in [7, 11) is 0. The summed E-state index contributed by atoms with van der Waals surface area (Å²) in [6.45, 7) is 3.03. The van der Waals surface area contributed by atoms with Crippen LogP contribution in [0.1, 0.15) is 55.2 Å². The summed E-state index contributed by atoms with van der Waals surface area (Å²) >= 11 is 0. The van der Waals surface area contributed by atoms with E-state index < -0.39 is 0 Å². The van der Waals surface area contributed by atoms with Crippen molar-refractivity contribution in [1.82, 2.24) is 5.32 Å². The van der Waals surface area contributed by atoms with Crippen LogP contribution in [0.4, 0.5) is 0 Å². The van der Waals surface area contributed by atoms with Crippen LogP contribution in [-0.4, -0.2) is 19.8 Å². The highest BCUT2D eigenvalue weighted by molar-refractivity contribution is 5.28. The lowest BCUT2D eigenvalue weighted by Crippen LogP contribution is -2.26. The van der Waals surface area contributed by atoms with Crippen molar-refractivity contribution in [3.05, 3.63) is 35.4 Å². The first-order chi connectivity index (χ1) is 8.93. The van der Waals surface area contributed by atoms with Crippen LogP contribution in [0.15, 0.2) is 24.3 Å². The van der Waals surface area contributed by atoms with Crippen molar-refractivity contribution in [2.45, 2.75) is 44.1 Å². The molecule has 1 unspecified atom stereocenters. The van der Waals surface area contributed by atoms with Gasteiger partial charge in [-0.15, -0.1) is 0 Å². The molecule has 2 aliphatic rings. The predicted octanol–water partition coefficient (Wildman–Crippen LogP) is 3.40. The summed E-state index contributed by atoms with van der Waals surface area (Å²) in [5.74, 6) is 0.715. The summed E-state index contributed by atoms with van der Waals surface area (Å²) < 4.78 is 5.43. The lowest BCUT2D eigenvalue weighted by molar-refractivity contribution is 0.0853. The van der Waals surface area contributed by atoms with Crippen LogP contribution in [0.2, 0.25) is 0 Å². The van der Waals surface area contributed by atoms with Gasteiger partial charge in [-0.3, -0.25) is 0 Å². The Morgan fingerprint density at radius 1 is 0.889 bits per heavy atom. The fourth-order valence-corrected chi connectivity index (χ4v) is 3.17. The highest BCUT2D eigenvalue weighted by Gasteiger charge is 2.17. The minimum atomic E-state index is 0.586. The van der Waals surface area contributed by atoms with E-state index in [9.17, 15) is 0 Å². The molecule has 98 valence electrons. The second-order valence-corrected chi connectivity index (χ2v) is 5.56. The molecule has 0 radical (unpaired) electrons. The fourth-order valence-electron chi connectivity index (χ4n) is 3.17. The highest BCUT2D eigenvalue weighted by Crippen LogP contribution is 2.29. The average Bonchev–Trinajstić information content (AvgIpc) is 2.49. The number of hydrogen-bond acceptors (Lipinski definition) is 2. The number of piperidine rings is 1. The van der Waals surface area contributed by atoms with Gasteiger partial charge in [0.15, 0.2) is 0 Å². The molecule has 1 atom stereocenters. The van der Waals surface area contributed by atoms with Gasteiger partial charge in [0.2, 0.25) is 0 Å². The lowest BCUT2D eigenvalue weighted by Gasteiger charge is -2.25. The zero-order chi connectivity index (χ0) is 12.2. The quantitative estimate of drug-likeness (QED) is 0.862. The van der Waals surface area contributed by atoms with Gasteiger partial charge in [0, 0.05) is 19.3 Å². The number of rotatable bonds is 2. The molecule has 3 rings (SSSR count). The van der Waals surface area contributed by atoms with Gasteiger partial charge in [0.1, 0.15) is 0 Å². The maximum atomic E-state index is 5.43. The highest BCUT2D eigenvalue weighted by atomic mass is 16.5. The fraction of sp³-hybridized carbons (Fsp3) is 0.625. The Morgan fingerprint density at radius 3 is 2.28 bits per heavy atom. The number of benzene rings is 1. The molecule has 2 saturated heterocycles. The SMILES string of the molecule is c1cc(C2CCCCN2)ccc1C1CCOCC1. The van der Waals surface area contributed by atoms with Gasteiger partial charge in [0.25, 0.3) is 0 Å². The average molecular weight is 245 g/mol. The van der Waals surface area contributed by atoms with Crippen molar-refractivity contribution in [2.24, 2.45) is 0 Å². The Hall–Kier alpha value is -0.860. The molecule has 2 heteroatoms. The summed E-state index contributed by atoms with van der Waals surface area (Å²) in [5.41, 5.74) is 2.96. The van der Waals surface area contributed by atoms with Crippen LogP contribution in [0.25, 0.3) is 0 Å². The molecular formula is C16H23NO. The summed E-state index contributed by atoms with van der Waals surface area (Å²) in [4.78, 5) is 0. The molecule has 2 heterocycles. The van der Waals surface area contributed by atoms with Gasteiger partial charge in [-0.2, -0.15) is 0 Å². The maximum absolute atomic E-state index is 5.43.